The number of carbonyl (C=O) groups is 1. The lowest BCUT2D eigenvalue weighted by Gasteiger charge is -2.34. The first-order valence-electron chi connectivity index (χ1n) is 13.4. The van der Waals surface area contributed by atoms with Crippen molar-refractivity contribution in [3.8, 4) is 11.3 Å². The molecule has 0 spiro atoms. The first kappa shape index (κ1) is 27.8. The third kappa shape index (κ3) is 5.60. The first-order chi connectivity index (χ1) is 19.3. The molecule has 0 unspecified atom stereocenters. The maximum absolute atomic E-state index is 13.6. The lowest BCUT2D eigenvalue weighted by molar-refractivity contribution is 0.0937. The van der Waals surface area contributed by atoms with E-state index in [0.29, 0.717) is 42.1 Å². The molecule has 1 saturated heterocycles. The van der Waals surface area contributed by atoms with Crippen LogP contribution in [-0.2, 0) is 14.8 Å². The molecule has 2 N–H and O–H groups in total. The highest BCUT2D eigenvalue weighted by molar-refractivity contribution is 7.93. The number of nitrogens with one attached hydrogen (secondary N) is 2. The molecular weight excluding hydrogens is 530 g/mol. The fraction of sp³-hybridized carbons (Fsp3) is 0.393. The normalized spacial score (nSPS) is 16.3. The van der Waals surface area contributed by atoms with Crippen molar-refractivity contribution >= 4 is 38.9 Å². The largest absolute Gasteiger partial charge is 0.383 e. The Morgan fingerprint density at radius 3 is 2.52 bits per heavy atom. The third-order valence-electron chi connectivity index (χ3n) is 7.12. The second-order valence-electron chi connectivity index (χ2n) is 9.93. The van der Waals surface area contributed by atoms with Crippen LogP contribution in [0.2, 0.25) is 0 Å². The Morgan fingerprint density at radius 1 is 1.07 bits per heavy atom. The summed E-state index contributed by atoms with van der Waals surface area (Å²) in [6.45, 7) is 6.93. The van der Waals surface area contributed by atoms with Crippen LogP contribution in [0.1, 0.15) is 23.7 Å². The zero-order chi connectivity index (χ0) is 28.3. The van der Waals surface area contributed by atoms with Gasteiger partial charge in [0.1, 0.15) is 4.90 Å². The van der Waals surface area contributed by atoms with Crippen LogP contribution in [0.25, 0.3) is 11.3 Å². The Hall–Kier alpha value is -3.74. The summed E-state index contributed by atoms with van der Waals surface area (Å²) in [6.07, 6.45) is 1.96. The highest BCUT2D eigenvalue weighted by Crippen LogP contribution is 2.42. The molecule has 40 heavy (non-hydrogen) atoms. The number of carbonyl (C=O) groups excluding carboxylic acids is 1. The summed E-state index contributed by atoms with van der Waals surface area (Å²) in [6, 6.07) is 13.1. The van der Waals surface area contributed by atoms with Crippen LogP contribution in [-0.4, -0.2) is 89.2 Å². The molecule has 12 heteroatoms. The average Bonchev–Trinajstić information content (AvgIpc) is 2.96. The van der Waals surface area contributed by atoms with E-state index in [1.165, 1.54) is 10.5 Å². The van der Waals surface area contributed by atoms with Gasteiger partial charge in [0, 0.05) is 68.9 Å². The maximum Gasteiger partial charge on any atom is 0.268 e. The van der Waals surface area contributed by atoms with Crippen molar-refractivity contribution < 1.29 is 17.9 Å². The molecule has 0 radical (unpaired) electrons. The number of rotatable bonds is 9. The van der Waals surface area contributed by atoms with Gasteiger partial charge in [0.15, 0.2) is 0 Å². The van der Waals surface area contributed by atoms with Gasteiger partial charge in [-0.2, -0.15) is 0 Å². The summed E-state index contributed by atoms with van der Waals surface area (Å²) in [5.41, 5.74) is 3.68. The number of fused-ring (bicyclic) bond motifs is 3. The summed E-state index contributed by atoms with van der Waals surface area (Å²) < 4.78 is 33.6. The van der Waals surface area contributed by atoms with E-state index < -0.39 is 10.0 Å². The molecule has 1 aromatic heterocycles. The predicted molar refractivity (Wildman–Crippen MR) is 156 cm³/mol. The van der Waals surface area contributed by atoms with Crippen molar-refractivity contribution in [3.05, 3.63) is 54.2 Å². The quantitative estimate of drug-likeness (QED) is 0.377. The van der Waals surface area contributed by atoms with Gasteiger partial charge >= 0.3 is 0 Å². The maximum atomic E-state index is 13.6. The van der Waals surface area contributed by atoms with E-state index in [0.717, 1.165) is 37.6 Å². The Kier molecular flexibility index (Phi) is 8.19. The van der Waals surface area contributed by atoms with E-state index in [-0.39, 0.29) is 23.3 Å². The number of ether oxygens (including phenoxy) is 1. The molecule has 2 aliphatic heterocycles. The second-order valence-corrected chi connectivity index (χ2v) is 11.8. The van der Waals surface area contributed by atoms with Gasteiger partial charge in [-0.1, -0.05) is 6.92 Å². The summed E-state index contributed by atoms with van der Waals surface area (Å²) in [5.74, 6) is -0.0119. The highest BCUT2D eigenvalue weighted by Gasteiger charge is 2.36. The van der Waals surface area contributed by atoms with Crippen LogP contribution >= 0.6 is 0 Å². The van der Waals surface area contributed by atoms with Gasteiger partial charge in [0.25, 0.3) is 15.9 Å². The lowest BCUT2D eigenvalue weighted by Crippen LogP contribution is -2.44. The number of anilines is 4. The van der Waals surface area contributed by atoms with E-state index in [1.54, 1.807) is 25.3 Å². The molecule has 0 aliphatic carbocycles. The number of amides is 1. The summed E-state index contributed by atoms with van der Waals surface area (Å²) in [4.78, 5) is 26.4. The zero-order valence-corrected chi connectivity index (χ0v) is 23.9. The Bertz CT molecular complexity index is 1470. The van der Waals surface area contributed by atoms with Crippen LogP contribution in [0.15, 0.2) is 53.6 Å². The van der Waals surface area contributed by atoms with Gasteiger partial charge < -0.3 is 25.2 Å². The number of methoxy groups -OCH3 is 1. The molecule has 212 valence electrons. The van der Waals surface area contributed by atoms with Crippen LogP contribution in [0.4, 0.5) is 23.0 Å². The van der Waals surface area contributed by atoms with E-state index in [9.17, 15) is 13.2 Å². The number of benzene rings is 2. The van der Waals surface area contributed by atoms with E-state index in [1.807, 2.05) is 19.1 Å². The number of nitrogens with zero attached hydrogens (tertiary/aromatic N) is 5. The monoisotopic (exact) mass is 565 g/mol. The van der Waals surface area contributed by atoms with E-state index >= 15 is 0 Å². The van der Waals surface area contributed by atoms with Crippen molar-refractivity contribution in [1.82, 2.24) is 20.2 Å². The fourth-order valence-electron chi connectivity index (χ4n) is 4.90. The molecule has 2 aliphatic rings. The Labute approximate surface area is 235 Å². The van der Waals surface area contributed by atoms with Gasteiger partial charge in [-0.3, -0.25) is 9.10 Å². The molecule has 3 aromatic rings. The second kappa shape index (κ2) is 11.8. The topological polar surface area (TPSA) is 120 Å². The molecule has 3 heterocycles. The molecule has 0 atom stereocenters. The van der Waals surface area contributed by atoms with Crippen LogP contribution < -0.4 is 19.8 Å². The minimum Gasteiger partial charge on any atom is -0.383 e. The summed E-state index contributed by atoms with van der Waals surface area (Å²) >= 11 is 0. The number of sulfonamides is 1. The van der Waals surface area contributed by atoms with E-state index in [4.69, 9.17) is 4.74 Å². The lowest BCUT2D eigenvalue weighted by atomic mass is 10.0. The number of piperazine rings is 1. The van der Waals surface area contributed by atoms with Crippen LogP contribution in [0, 0.1) is 0 Å². The van der Waals surface area contributed by atoms with Crippen LogP contribution in [0.3, 0.4) is 0 Å². The number of aromatic nitrogens is 2. The van der Waals surface area contributed by atoms with Gasteiger partial charge in [0.05, 0.1) is 24.2 Å². The standard InChI is InChI=1S/C28H35N7O4S/c1-4-12-35-24-18-20(27(36)29-11-17-39-3)5-10-23(24)26-25(40(35,37)38)19-30-28(32-26)31-21-6-8-22(9-7-21)34-15-13-33(2)14-16-34/h5-10,18-19H,4,11-17H2,1-3H3,(H,29,36)(H,30,31,32). The zero-order valence-electron chi connectivity index (χ0n) is 23.1. The van der Waals surface area contributed by atoms with Crippen molar-refractivity contribution in [1.29, 1.82) is 0 Å². The number of hydrogen-bond acceptors (Lipinski definition) is 9. The molecule has 5 rings (SSSR count). The molecule has 2 aromatic carbocycles. The van der Waals surface area contributed by atoms with Crippen molar-refractivity contribution in [2.45, 2.75) is 18.2 Å². The van der Waals surface area contributed by atoms with Gasteiger partial charge in [0.2, 0.25) is 5.95 Å². The predicted octanol–water partition coefficient (Wildman–Crippen LogP) is 2.93. The Balaban J connectivity index is 1.44. The molecule has 11 nitrogen and oxygen atoms in total. The SMILES string of the molecule is CCCN1c2cc(C(=O)NCCOC)ccc2-c2nc(Nc3ccc(N4CCN(C)CC4)cc3)ncc2S1(=O)=O. The van der Waals surface area contributed by atoms with Crippen molar-refractivity contribution in [2.24, 2.45) is 0 Å². The third-order valence-corrected chi connectivity index (χ3v) is 8.93. The highest BCUT2D eigenvalue weighted by atomic mass is 32.2. The van der Waals surface area contributed by atoms with Crippen molar-refractivity contribution in [3.63, 3.8) is 0 Å². The average molecular weight is 566 g/mol. The molecule has 0 bridgehead atoms. The number of hydrogen-bond donors (Lipinski definition) is 2. The minimum atomic E-state index is -3.91. The first-order valence-corrected chi connectivity index (χ1v) is 14.9. The summed E-state index contributed by atoms with van der Waals surface area (Å²) in [5, 5.41) is 5.99. The van der Waals surface area contributed by atoms with E-state index in [2.05, 4.69) is 49.6 Å². The Morgan fingerprint density at radius 2 is 1.82 bits per heavy atom. The fourth-order valence-corrected chi connectivity index (χ4v) is 6.56. The van der Waals surface area contributed by atoms with Gasteiger partial charge in [-0.05, 0) is 55.9 Å². The molecule has 1 fully saturated rings. The van der Waals surface area contributed by atoms with Gasteiger partial charge in [-0.25, -0.2) is 18.4 Å². The van der Waals surface area contributed by atoms with Crippen molar-refractivity contribution in [2.75, 3.05) is 74.6 Å². The smallest absolute Gasteiger partial charge is 0.268 e. The minimum absolute atomic E-state index is 0.0433. The molecular formula is C28H35N7O4S. The number of likely N-dealkylation sites (N-methyl/N-ethyl adjacent to an activating group) is 1. The molecule has 1 amide bonds. The summed E-state index contributed by atoms with van der Waals surface area (Å²) in [7, 11) is -0.220. The molecule has 0 saturated carbocycles. The van der Waals surface area contributed by atoms with Gasteiger partial charge in [-0.15, -0.1) is 0 Å². The van der Waals surface area contributed by atoms with Crippen LogP contribution in [0.5, 0.6) is 0 Å².